The number of rotatable bonds is 10. The minimum atomic E-state index is -0.940. The van der Waals surface area contributed by atoms with Gasteiger partial charge in [0, 0.05) is 11.5 Å². The Morgan fingerprint density at radius 3 is 1.78 bits per heavy atom. The summed E-state index contributed by atoms with van der Waals surface area (Å²) in [5.74, 6) is -1.87. The topological polar surface area (TPSA) is 108 Å². The van der Waals surface area contributed by atoms with Crippen LogP contribution in [0.3, 0.4) is 0 Å². The number of nitrogens with two attached hydrogens (primary N) is 1. The van der Waals surface area contributed by atoms with Crippen molar-refractivity contribution in [2.75, 3.05) is 38.9 Å². The van der Waals surface area contributed by atoms with Gasteiger partial charge in [0.25, 0.3) is 0 Å². The number of thiol groups is 2. The average Bonchev–Trinajstić information content (AvgIpc) is 2.53. The summed E-state index contributed by atoms with van der Waals surface area (Å²) in [6, 6.07) is -1.88. The summed E-state index contributed by atoms with van der Waals surface area (Å²) in [6.45, 7) is -0.539. The number of ether oxygens (including phenoxy) is 3. The number of hydrogen-bond acceptors (Lipinski definition) is 9. The van der Waals surface area contributed by atoms with E-state index in [0.717, 1.165) is 0 Å². The van der Waals surface area contributed by atoms with Gasteiger partial charge in [-0.1, -0.05) is 12.2 Å². The molecule has 132 valence electrons. The van der Waals surface area contributed by atoms with E-state index in [1.807, 2.05) is 0 Å². The molecule has 0 aliphatic carbocycles. The molecule has 0 bridgehead atoms. The molecule has 0 saturated carbocycles. The SMILES string of the molecule is COC(=O)C(CS)N(C(=S)COCC(N)=O)C(CS)C(=O)OC. The van der Waals surface area contributed by atoms with Crippen LogP contribution in [0.5, 0.6) is 0 Å². The fraction of sp³-hybridized carbons (Fsp3) is 0.667. The van der Waals surface area contributed by atoms with E-state index in [1.165, 1.54) is 19.1 Å². The van der Waals surface area contributed by atoms with Crippen LogP contribution in [-0.2, 0) is 28.6 Å². The second kappa shape index (κ2) is 11.5. The first-order valence-corrected chi connectivity index (χ1v) is 8.05. The number of nitrogens with zero attached hydrogens (tertiary/aromatic N) is 1. The number of methoxy groups -OCH3 is 2. The number of thiocarbonyl (C=S) groups is 1. The smallest absolute Gasteiger partial charge is 0.329 e. The Labute approximate surface area is 150 Å². The van der Waals surface area contributed by atoms with Crippen molar-refractivity contribution < 1.29 is 28.6 Å². The van der Waals surface area contributed by atoms with Gasteiger partial charge < -0.3 is 24.8 Å². The highest BCUT2D eigenvalue weighted by atomic mass is 32.1. The highest BCUT2D eigenvalue weighted by Gasteiger charge is 2.36. The lowest BCUT2D eigenvalue weighted by Crippen LogP contribution is -2.56. The van der Waals surface area contributed by atoms with E-state index in [2.05, 4.69) is 25.3 Å². The maximum absolute atomic E-state index is 11.9. The Bertz CT molecular complexity index is 425. The highest BCUT2D eigenvalue weighted by molar-refractivity contribution is 7.81. The van der Waals surface area contributed by atoms with Crippen LogP contribution in [0.4, 0.5) is 0 Å². The van der Waals surface area contributed by atoms with Crippen molar-refractivity contribution in [1.29, 1.82) is 0 Å². The molecule has 0 aromatic rings. The zero-order valence-electron chi connectivity index (χ0n) is 12.8. The number of esters is 2. The van der Waals surface area contributed by atoms with E-state index < -0.39 is 29.9 Å². The predicted molar refractivity (Wildman–Crippen MR) is 93.8 cm³/mol. The van der Waals surface area contributed by atoms with Crippen molar-refractivity contribution in [2.24, 2.45) is 5.73 Å². The second-order valence-electron chi connectivity index (χ2n) is 4.20. The maximum Gasteiger partial charge on any atom is 0.329 e. The first kappa shape index (κ1) is 22.0. The van der Waals surface area contributed by atoms with Crippen molar-refractivity contribution >= 4 is 60.3 Å². The molecule has 0 heterocycles. The quantitative estimate of drug-likeness (QED) is 0.252. The van der Waals surface area contributed by atoms with Crippen LogP contribution in [0, 0.1) is 0 Å². The van der Waals surface area contributed by atoms with Gasteiger partial charge in [0.2, 0.25) is 5.91 Å². The zero-order chi connectivity index (χ0) is 18.0. The van der Waals surface area contributed by atoms with Gasteiger partial charge in [-0.05, 0) is 0 Å². The minimum absolute atomic E-state index is 0.0317. The van der Waals surface area contributed by atoms with E-state index in [-0.39, 0.29) is 29.7 Å². The molecule has 0 fully saturated rings. The monoisotopic (exact) mass is 384 g/mol. The average molecular weight is 385 g/mol. The van der Waals surface area contributed by atoms with Gasteiger partial charge in [-0.2, -0.15) is 25.3 Å². The third-order valence-corrected chi connectivity index (χ3v) is 3.74. The normalized spacial score (nSPS) is 12.9. The van der Waals surface area contributed by atoms with Gasteiger partial charge in [-0.3, -0.25) is 4.79 Å². The Morgan fingerprint density at radius 2 is 1.48 bits per heavy atom. The van der Waals surface area contributed by atoms with Crippen LogP contribution < -0.4 is 5.73 Å². The van der Waals surface area contributed by atoms with E-state index in [4.69, 9.17) is 32.2 Å². The van der Waals surface area contributed by atoms with Crippen molar-refractivity contribution in [3.8, 4) is 0 Å². The summed E-state index contributed by atoms with van der Waals surface area (Å²) in [5, 5.41) is 0. The van der Waals surface area contributed by atoms with Gasteiger partial charge in [-0.15, -0.1) is 0 Å². The molecule has 0 rings (SSSR count). The summed E-state index contributed by atoms with van der Waals surface area (Å²) in [4.78, 5) is 36.0. The lowest BCUT2D eigenvalue weighted by Gasteiger charge is -2.35. The van der Waals surface area contributed by atoms with Gasteiger partial charge in [0.15, 0.2) is 0 Å². The van der Waals surface area contributed by atoms with Crippen LogP contribution >= 0.6 is 37.5 Å². The van der Waals surface area contributed by atoms with Gasteiger partial charge in [-0.25, -0.2) is 9.59 Å². The number of amides is 1. The van der Waals surface area contributed by atoms with Crippen molar-refractivity contribution in [3.63, 3.8) is 0 Å². The highest BCUT2D eigenvalue weighted by Crippen LogP contribution is 2.14. The fourth-order valence-electron chi connectivity index (χ4n) is 1.70. The minimum Gasteiger partial charge on any atom is -0.467 e. The van der Waals surface area contributed by atoms with Gasteiger partial charge >= 0.3 is 11.9 Å². The van der Waals surface area contributed by atoms with Gasteiger partial charge in [0.1, 0.15) is 23.7 Å². The molecule has 0 aromatic carbocycles. The van der Waals surface area contributed by atoms with Crippen molar-refractivity contribution in [1.82, 2.24) is 4.90 Å². The van der Waals surface area contributed by atoms with Crippen LogP contribution in [-0.4, -0.2) is 78.8 Å². The van der Waals surface area contributed by atoms with Crippen molar-refractivity contribution in [3.05, 3.63) is 0 Å². The molecule has 0 radical (unpaired) electrons. The molecular formula is C12H20N2O6S3. The van der Waals surface area contributed by atoms with Crippen molar-refractivity contribution in [2.45, 2.75) is 12.1 Å². The first-order chi connectivity index (χ1) is 10.8. The Kier molecular flexibility index (Phi) is 11.0. The summed E-state index contributed by atoms with van der Waals surface area (Å²) in [6.07, 6.45) is 0. The molecule has 1 amide bonds. The number of hydrogen-bond donors (Lipinski definition) is 3. The molecule has 0 aromatic heterocycles. The molecule has 11 heteroatoms. The zero-order valence-corrected chi connectivity index (χ0v) is 15.4. The van der Waals surface area contributed by atoms with Crippen LogP contribution in [0.25, 0.3) is 0 Å². The largest absolute Gasteiger partial charge is 0.467 e. The fourth-order valence-corrected chi connectivity index (χ4v) is 2.69. The molecule has 2 N–H and O–H groups in total. The molecule has 0 saturated heterocycles. The number of carbonyl (C=O) groups is 3. The standard InChI is InChI=1S/C12H20N2O6S3/c1-18-11(16)7(5-21)14(8(6-22)12(17)19-2)10(23)4-20-3-9(13)15/h7-8,21-22H,3-6H2,1-2H3,(H2,13,15). The lowest BCUT2D eigenvalue weighted by molar-refractivity contribution is -0.150. The van der Waals surface area contributed by atoms with E-state index >= 15 is 0 Å². The third kappa shape index (κ3) is 6.94. The van der Waals surface area contributed by atoms with Crippen LogP contribution in [0.15, 0.2) is 0 Å². The number of primary amides is 1. The molecule has 0 aliphatic heterocycles. The maximum atomic E-state index is 11.9. The Morgan fingerprint density at radius 1 is 1.04 bits per heavy atom. The summed E-state index contributed by atoms with van der Waals surface area (Å²) in [7, 11) is 2.41. The molecule has 0 spiro atoms. The van der Waals surface area contributed by atoms with E-state index in [9.17, 15) is 14.4 Å². The van der Waals surface area contributed by atoms with E-state index in [1.54, 1.807) is 0 Å². The molecule has 23 heavy (non-hydrogen) atoms. The summed E-state index contributed by atoms with van der Waals surface area (Å²) >= 11 is 13.4. The van der Waals surface area contributed by atoms with E-state index in [0.29, 0.717) is 0 Å². The summed E-state index contributed by atoms with van der Waals surface area (Å²) in [5.41, 5.74) is 4.97. The number of carbonyl (C=O) groups excluding carboxylic acids is 3. The molecule has 2 unspecified atom stereocenters. The Hall–Kier alpha value is -1.04. The molecule has 2 atom stereocenters. The molecular weight excluding hydrogens is 364 g/mol. The molecule has 0 aliphatic rings. The third-order valence-electron chi connectivity index (χ3n) is 2.72. The van der Waals surface area contributed by atoms with Gasteiger partial charge in [0.05, 0.1) is 20.8 Å². The lowest BCUT2D eigenvalue weighted by atomic mass is 10.2. The van der Waals surface area contributed by atoms with Crippen LogP contribution in [0.2, 0.25) is 0 Å². The first-order valence-electron chi connectivity index (χ1n) is 6.38. The van der Waals surface area contributed by atoms with Crippen LogP contribution in [0.1, 0.15) is 0 Å². The Balaban J connectivity index is 5.41. The predicted octanol–water partition coefficient (Wildman–Crippen LogP) is -0.939. The molecule has 8 nitrogen and oxygen atoms in total. The summed E-state index contributed by atoms with van der Waals surface area (Å²) < 4.78 is 14.5. The second-order valence-corrected chi connectivity index (χ2v) is 5.40.